The summed E-state index contributed by atoms with van der Waals surface area (Å²) in [5.74, 6) is -1.40. The van der Waals surface area contributed by atoms with Gasteiger partial charge in [0.25, 0.3) is 5.91 Å². The quantitative estimate of drug-likeness (QED) is 0.338. The highest BCUT2D eigenvalue weighted by Crippen LogP contribution is 2.41. The average molecular weight is 510 g/mol. The molecule has 2 heterocycles. The molecule has 13 heteroatoms. The molecule has 1 aliphatic rings. The highest BCUT2D eigenvalue weighted by Gasteiger charge is 2.30. The topological polar surface area (TPSA) is 171 Å². The largest absolute Gasteiger partial charge is 0.494 e. The minimum atomic E-state index is -2.77. The monoisotopic (exact) mass is 509 g/mol. The fourth-order valence-corrected chi connectivity index (χ4v) is 4.08. The third-order valence-corrected chi connectivity index (χ3v) is 5.99. The lowest BCUT2D eigenvalue weighted by molar-refractivity contribution is -0.117. The van der Waals surface area contributed by atoms with Crippen LogP contribution in [0.1, 0.15) is 33.9 Å². The summed E-state index contributed by atoms with van der Waals surface area (Å²) in [5.41, 5.74) is 0.665. The molecule has 3 amide bonds. The summed E-state index contributed by atoms with van der Waals surface area (Å²) in [7, 11) is 1.43. The lowest BCUT2D eigenvalue weighted by atomic mass is 10.1. The van der Waals surface area contributed by atoms with Crippen LogP contribution in [-0.2, 0) is 9.59 Å². The van der Waals surface area contributed by atoms with Crippen LogP contribution in [0.25, 0.3) is 10.6 Å². The number of hydrogen-bond donors (Lipinski definition) is 4. The number of carbonyl (C=O) groups is 3. The predicted molar refractivity (Wildman–Crippen MR) is 133 cm³/mol. The van der Waals surface area contributed by atoms with E-state index in [9.17, 15) is 14.4 Å². The van der Waals surface area contributed by atoms with Gasteiger partial charge in [-0.05, 0) is 25.0 Å². The number of methoxy groups -OCH3 is 1. The number of nitrogens with zero attached hydrogens (tertiary/aromatic N) is 4. The van der Waals surface area contributed by atoms with E-state index in [0.29, 0.717) is 27.0 Å². The van der Waals surface area contributed by atoms with Gasteiger partial charge in [0.1, 0.15) is 16.4 Å². The maximum absolute atomic E-state index is 12.7. The minimum Gasteiger partial charge on any atom is -0.494 e. The Labute approximate surface area is 214 Å². The third-order valence-electron chi connectivity index (χ3n) is 5.05. The number of amides is 3. The number of para-hydroxylation sites is 1. The van der Waals surface area contributed by atoms with Crippen molar-refractivity contribution < 1.29 is 23.2 Å². The molecule has 0 bridgehead atoms. The van der Waals surface area contributed by atoms with E-state index in [1.165, 1.54) is 19.4 Å². The molecule has 3 aromatic rings. The molecule has 0 spiro atoms. The zero-order chi connectivity index (χ0) is 28.2. The Hall–Kier alpha value is -4.57. The van der Waals surface area contributed by atoms with Crippen LogP contribution < -0.4 is 26.0 Å². The zero-order valence-corrected chi connectivity index (χ0v) is 19.7. The lowest BCUT2D eigenvalue weighted by Crippen LogP contribution is -2.22. The number of nitrogens with one attached hydrogen (secondary N) is 4. The van der Waals surface area contributed by atoms with E-state index in [-0.39, 0.29) is 35.4 Å². The first kappa shape index (κ1) is 20.8. The third kappa shape index (κ3) is 5.56. The second-order valence-corrected chi connectivity index (χ2v) is 8.66. The van der Waals surface area contributed by atoms with Crippen molar-refractivity contribution in [2.24, 2.45) is 5.92 Å². The molecule has 0 unspecified atom stereocenters. The molecule has 12 nitrogen and oxygen atoms in total. The standard InChI is InChI=1S/C23H22N8O4S/c1-25-22(34)19-15(10-16(30-31-19)28-21(33)12-6-7-12)27-14-5-3-4-13(20(14)35-2)23-26-11-18(36-23)29-17(32)8-9-24/h3-5,10-12H,6-8H2,1-2H3,(H,25,34)(H,29,32)(H2,27,28,30,33)/i1D3. The number of anilines is 4. The normalized spacial score (nSPS) is 13.8. The number of nitriles is 1. The van der Waals surface area contributed by atoms with Gasteiger partial charge in [0.05, 0.1) is 36.3 Å². The van der Waals surface area contributed by atoms with Crippen molar-refractivity contribution in [2.45, 2.75) is 19.3 Å². The van der Waals surface area contributed by atoms with Gasteiger partial charge in [-0.25, -0.2) is 4.98 Å². The van der Waals surface area contributed by atoms with Crippen LogP contribution in [0.2, 0.25) is 0 Å². The number of carbonyl (C=O) groups excluding carboxylic acids is 3. The minimum absolute atomic E-state index is 0.0666. The van der Waals surface area contributed by atoms with Crippen LogP contribution in [0, 0.1) is 17.2 Å². The Balaban J connectivity index is 1.68. The van der Waals surface area contributed by atoms with Gasteiger partial charge in [-0.3, -0.25) is 14.4 Å². The SMILES string of the molecule is [2H]C([2H])([2H])NC(=O)c1nnc(NC(=O)C2CC2)cc1Nc1cccc(-c2ncc(NC(=O)CC#N)s2)c1OC. The molecule has 0 saturated heterocycles. The molecule has 1 aliphatic carbocycles. The van der Waals surface area contributed by atoms with Gasteiger partial charge in [-0.1, -0.05) is 17.4 Å². The van der Waals surface area contributed by atoms with Crippen LogP contribution in [-0.4, -0.2) is 47.0 Å². The van der Waals surface area contributed by atoms with Crippen LogP contribution in [0.5, 0.6) is 5.75 Å². The highest BCUT2D eigenvalue weighted by molar-refractivity contribution is 7.19. The molecule has 36 heavy (non-hydrogen) atoms. The molecular formula is C23H22N8O4S. The van der Waals surface area contributed by atoms with E-state index in [1.807, 2.05) is 5.32 Å². The highest BCUT2D eigenvalue weighted by atomic mass is 32.1. The summed E-state index contributed by atoms with van der Waals surface area (Å²) >= 11 is 1.16. The number of benzene rings is 1. The van der Waals surface area contributed by atoms with Crippen molar-refractivity contribution in [1.29, 1.82) is 5.26 Å². The molecule has 4 N–H and O–H groups in total. The lowest BCUT2D eigenvalue weighted by Gasteiger charge is -2.16. The molecule has 184 valence electrons. The van der Waals surface area contributed by atoms with Gasteiger partial charge < -0.3 is 26.0 Å². The summed E-state index contributed by atoms with van der Waals surface area (Å²) < 4.78 is 27.7. The first-order valence-electron chi connectivity index (χ1n) is 12.2. The summed E-state index contributed by atoms with van der Waals surface area (Å²) in [5, 5.41) is 27.5. The number of rotatable bonds is 9. The molecule has 0 radical (unpaired) electrons. The molecule has 2 aromatic heterocycles. The van der Waals surface area contributed by atoms with Crippen molar-refractivity contribution >= 4 is 51.3 Å². The first-order chi connectivity index (χ1) is 18.6. The molecule has 1 fully saturated rings. The number of ether oxygens (including phenoxy) is 1. The smallest absolute Gasteiger partial charge is 0.273 e. The maximum Gasteiger partial charge on any atom is 0.273 e. The molecule has 1 aromatic carbocycles. The Kier molecular flexibility index (Phi) is 6.22. The number of aromatic nitrogens is 3. The fourth-order valence-electron chi connectivity index (χ4n) is 3.23. The average Bonchev–Trinajstić information content (AvgIpc) is 3.62. The van der Waals surface area contributed by atoms with E-state index in [4.69, 9.17) is 14.1 Å². The van der Waals surface area contributed by atoms with E-state index in [1.54, 1.807) is 24.3 Å². The Morgan fingerprint density at radius 1 is 1.25 bits per heavy atom. The van der Waals surface area contributed by atoms with Gasteiger partial charge in [0.2, 0.25) is 11.8 Å². The Bertz CT molecular complexity index is 1470. The van der Waals surface area contributed by atoms with Gasteiger partial charge in [-0.15, -0.1) is 10.2 Å². The second kappa shape index (κ2) is 10.8. The Morgan fingerprint density at radius 2 is 2.08 bits per heavy atom. The maximum atomic E-state index is 12.7. The van der Waals surface area contributed by atoms with Gasteiger partial charge >= 0.3 is 0 Å². The van der Waals surface area contributed by atoms with Gasteiger partial charge in [-0.2, -0.15) is 5.26 Å². The zero-order valence-electron chi connectivity index (χ0n) is 21.9. The van der Waals surface area contributed by atoms with Gasteiger partial charge in [0, 0.05) is 23.1 Å². The summed E-state index contributed by atoms with van der Waals surface area (Å²) in [6.07, 6.45) is 2.70. The van der Waals surface area contributed by atoms with E-state index in [2.05, 4.69) is 31.1 Å². The number of hydrogen-bond acceptors (Lipinski definition) is 10. The van der Waals surface area contributed by atoms with Crippen LogP contribution >= 0.6 is 11.3 Å². The van der Waals surface area contributed by atoms with Crippen LogP contribution in [0.15, 0.2) is 30.5 Å². The van der Waals surface area contributed by atoms with Crippen LogP contribution in [0.4, 0.5) is 22.2 Å². The van der Waals surface area contributed by atoms with E-state index < -0.39 is 18.8 Å². The summed E-state index contributed by atoms with van der Waals surface area (Å²) in [6, 6.07) is 8.23. The van der Waals surface area contributed by atoms with E-state index in [0.717, 1.165) is 24.2 Å². The molecule has 1 saturated carbocycles. The number of thiazole rings is 1. The van der Waals surface area contributed by atoms with Crippen molar-refractivity contribution in [2.75, 3.05) is 30.0 Å². The van der Waals surface area contributed by atoms with Crippen LogP contribution in [0.3, 0.4) is 0 Å². The first-order valence-corrected chi connectivity index (χ1v) is 11.5. The fraction of sp³-hybridized carbons (Fsp3) is 0.261. The van der Waals surface area contributed by atoms with Crippen molar-refractivity contribution in [3.05, 3.63) is 36.2 Å². The van der Waals surface area contributed by atoms with E-state index >= 15 is 0 Å². The van der Waals surface area contributed by atoms with Crippen molar-refractivity contribution in [3.63, 3.8) is 0 Å². The predicted octanol–water partition coefficient (Wildman–Crippen LogP) is 2.91. The molecule has 0 atom stereocenters. The van der Waals surface area contributed by atoms with Crippen molar-refractivity contribution in [3.8, 4) is 22.4 Å². The Morgan fingerprint density at radius 3 is 2.81 bits per heavy atom. The molecule has 0 aliphatic heterocycles. The second-order valence-electron chi connectivity index (χ2n) is 7.63. The molecule has 4 rings (SSSR count). The molecular weight excluding hydrogens is 484 g/mol. The van der Waals surface area contributed by atoms with Gasteiger partial charge in [0.15, 0.2) is 17.3 Å². The summed E-state index contributed by atoms with van der Waals surface area (Å²) in [6.45, 7) is -2.77. The van der Waals surface area contributed by atoms with Crippen molar-refractivity contribution in [1.82, 2.24) is 20.5 Å². The summed E-state index contributed by atoms with van der Waals surface area (Å²) in [4.78, 5) is 41.0.